The summed E-state index contributed by atoms with van der Waals surface area (Å²) in [5.41, 5.74) is 0. The van der Waals surface area contributed by atoms with Crippen LogP contribution in [0.3, 0.4) is 0 Å². The van der Waals surface area contributed by atoms with Gasteiger partial charge in [-0.3, -0.25) is 18.4 Å². The summed E-state index contributed by atoms with van der Waals surface area (Å²) in [7, 11) is -2.25. The summed E-state index contributed by atoms with van der Waals surface area (Å²) in [6.07, 6.45) is -0.783. The van der Waals surface area contributed by atoms with E-state index in [1.165, 1.54) is 6.92 Å². The van der Waals surface area contributed by atoms with Gasteiger partial charge in [-0.2, -0.15) is 0 Å². The molecule has 1 N–H and O–H groups in total. The minimum Gasteiger partial charge on any atom is -0.307 e. The summed E-state index contributed by atoms with van der Waals surface area (Å²) in [5, 5.41) is 2.25. The van der Waals surface area contributed by atoms with E-state index in [0.29, 0.717) is 0 Å². The number of amides is 1. The number of nitrogens with one attached hydrogen (secondary N) is 1. The zero-order valence-electron chi connectivity index (χ0n) is 5.71. The molecule has 53 valence electrons. The monoisotopic (exact) mass is 174 g/mol. The molecule has 1 heterocycles. The van der Waals surface area contributed by atoms with Gasteiger partial charge in [-0.05, 0) is 0 Å². The van der Waals surface area contributed by atoms with Gasteiger partial charge in [0.15, 0.2) is 0 Å². The van der Waals surface area contributed by atoms with Gasteiger partial charge < -0.3 is 5.32 Å². The molecule has 1 aliphatic rings. The van der Waals surface area contributed by atoms with Crippen LogP contribution in [0.5, 0.6) is 0 Å². The Morgan fingerprint density at radius 2 is 2.10 bits per heavy atom. The fourth-order valence-electron chi connectivity index (χ4n) is 0.409. The van der Waals surface area contributed by atoms with Crippen LogP contribution in [0.4, 0.5) is 0 Å². The zero-order valence-corrected chi connectivity index (χ0v) is 8.71. The van der Waals surface area contributed by atoms with Gasteiger partial charge in [-0.25, -0.2) is 0 Å². The van der Waals surface area contributed by atoms with Crippen molar-refractivity contribution < 1.29 is 18.4 Å². The first-order valence-electron chi connectivity index (χ1n) is 2.33. The predicted octanol–water partition coefficient (Wildman–Crippen LogP) is -0.538. The van der Waals surface area contributed by atoms with E-state index in [9.17, 15) is 9.36 Å². The third-order valence-corrected chi connectivity index (χ3v) is 1.54. The topological polar surface area (TPSA) is 64.6 Å². The van der Waals surface area contributed by atoms with E-state index in [-0.39, 0.29) is 35.5 Å². The molecule has 5 nitrogen and oxygen atoms in total. The minimum atomic E-state index is -2.25. The van der Waals surface area contributed by atoms with Crippen molar-refractivity contribution in [2.45, 2.75) is 13.3 Å². The molecule has 1 saturated heterocycles. The summed E-state index contributed by atoms with van der Waals surface area (Å²) in [6, 6.07) is 0. The molecule has 1 aliphatic heterocycles. The molecule has 0 bridgehead atoms. The van der Waals surface area contributed by atoms with Crippen molar-refractivity contribution in [3.8, 4) is 0 Å². The molecule has 1 amide bonds. The van der Waals surface area contributed by atoms with Crippen LogP contribution >= 0.6 is 8.25 Å². The van der Waals surface area contributed by atoms with Crippen molar-refractivity contribution >= 4 is 43.7 Å². The number of carbonyl (C=O) groups is 1. The second-order valence-electron chi connectivity index (χ2n) is 1.52. The van der Waals surface area contributed by atoms with Gasteiger partial charge in [0.25, 0.3) is 6.41 Å². The Kier molecular flexibility index (Phi) is 4.77. The molecular formula is C3H6NNaO4P. The molecule has 0 aromatic heterocycles. The fourth-order valence-corrected chi connectivity index (χ4v) is 0.894. The molecule has 0 atom stereocenters. The molecule has 10 heavy (non-hydrogen) atoms. The Hall–Kier alpha value is 0.620. The van der Waals surface area contributed by atoms with Gasteiger partial charge >= 0.3 is 8.25 Å². The summed E-state index contributed by atoms with van der Waals surface area (Å²) in [4.78, 5) is 10.2. The normalized spacial score (nSPS) is 29.7. The van der Waals surface area contributed by atoms with Crippen LogP contribution in [0.1, 0.15) is 6.92 Å². The second-order valence-corrected chi connectivity index (χ2v) is 2.49. The first kappa shape index (κ1) is 10.6. The molecule has 0 aromatic carbocycles. The van der Waals surface area contributed by atoms with Gasteiger partial charge in [-0.15, -0.1) is 0 Å². The second kappa shape index (κ2) is 4.49. The van der Waals surface area contributed by atoms with Gasteiger partial charge in [0.05, 0.1) is 0 Å². The van der Waals surface area contributed by atoms with Crippen molar-refractivity contribution in [3.63, 3.8) is 0 Å². The Labute approximate surface area is 80.7 Å². The Morgan fingerprint density at radius 1 is 1.60 bits per heavy atom. The molecule has 7 heteroatoms. The summed E-state index contributed by atoms with van der Waals surface area (Å²) in [6.45, 7) is 1.32. The molecule has 1 radical (unpaired) electrons. The van der Waals surface area contributed by atoms with E-state index in [4.69, 9.17) is 0 Å². The summed E-state index contributed by atoms with van der Waals surface area (Å²) in [5.74, 6) is -0.269. The summed E-state index contributed by atoms with van der Waals surface area (Å²) >= 11 is 0. The third-order valence-electron chi connectivity index (χ3n) is 0.728. The molecule has 1 rings (SSSR count). The van der Waals surface area contributed by atoms with Crippen LogP contribution in [0.25, 0.3) is 0 Å². The standard InChI is InChI=1S/C3H6NO4P.Na/c1-2(5)4-3-7-9(6)8-3;/h3,9H,1H3,(H,4,5);. The largest absolute Gasteiger partial charge is 0.326 e. The van der Waals surface area contributed by atoms with Crippen LogP contribution in [0.2, 0.25) is 0 Å². The van der Waals surface area contributed by atoms with Gasteiger partial charge in [0.2, 0.25) is 5.91 Å². The predicted molar refractivity (Wildman–Crippen MR) is 34.5 cm³/mol. The van der Waals surface area contributed by atoms with Crippen molar-refractivity contribution in [2.75, 3.05) is 0 Å². The van der Waals surface area contributed by atoms with Crippen molar-refractivity contribution in [1.82, 2.24) is 5.32 Å². The van der Waals surface area contributed by atoms with E-state index >= 15 is 0 Å². The molecular weight excluding hydrogens is 168 g/mol. The smallest absolute Gasteiger partial charge is 0.307 e. The van der Waals surface area contributed by atoms with E-state index < -0.39 is 14.7 Å². The van der Waals surface area contributed by atoms with Crippen molar-refractivity contribution in [2.24, 2.45) is 0 Å². The summed E-state index contributed by atoms with van der Waals surface area (Å²) < 4.78 is 19.0. The molecule has 0 saturated carbocycles. The Morgan fingerprint density at radius 3 is 2.40 bits per heavy atom. The Bertz CT molecular complexity index is 155. The maximum Gasteiger partial charge on any atom is 0.326 e. The van der Waals surface area contributed by atoms with Crippen LogP contribution in [-0.2, 0) is 18.4 Å². The third kappa shape index (κ3) is 3.14. The molecule has 0 aliphatic carbocycles. The van der Waals surface area contributed by atoms with Crippen LogP contribution in [0, 0.1) is 0 Å². The average molecular weight is 174 g/mol. The van der Waals surface area contributed by atoms with E-state index in [1.807, 2.05) is 0 Å². The van der Waals surface area contributed by atoms with Crippen molar-refractivity contribution in [3.05, 3.63) is 0 Å². The SMILES string of the molecule is CC(=O)NC1O[PH](=O)O1.[Na]. The Balaban J connectivity index is 0.000000810. The van der Waals surface area contributed by atoms with Gasteiger partial charge in [0, 0.05) is 36.5 Å². The maximum atomic E-state index is 10.2. The maximum absolute atomic E-state index is 10.2. The minimum absolute atomic E-state index is 0. The molecule has 1 fully saturated rings. The number of carbonyl (C=O) groups excluding carboxylic acids is 1. The zero-order chi connectivity index (χ0) is 6.85. The number of hydrogen-bond acceptors (Lipinski definition) is 4. The van der Waals surface area contributed by atoms with E-state index in [2.05, 4.69) is 14.4 Å². The van der Waals surface area contributed by atoms with Gasteiger partial charge in [-0.1, -0.05) is 0 Å². The quantitative estimate of drug-likeness (QED) is 0.428. The first-order valence-corrected chi connectivity index (χ1v) is 3.55. The van der Waals surface area contributed by atoms with E-state index in [1.54, 1.807) is 0 Å². The van der Waals surface area contributed by atoms with Crippen molar-refractivity contribution in [1.29, 1.82) is 0 Å². The van der Waals surface area contributed by atoms with Crippen LogP contribution in [0.15, 0.2) is 0 Å². The molecule has 0 aromatic rings. The van der Waals surface area contributed by atoms with Gasteiger partial charge in [0.1, 0.15) is 0 Å². The van der Waals surface area contributed by atoms with Crippen LogP contribution in [-0.4, -0.2) is 41.9 Å². The van der Waals surface area contributed by atoms with E-state index in [0.717, 1.165) is 0 Å². The number of rotatable bonds is 1. The molecule has 0 unspecified atom stereocenters. The average Bonchev–Trinajstić information content (AvgIpc) is 1.60. The first-order chi connectivity index (χ1) is 4.18. The fraction of sp³-hybridized carbons (Fsp3) is 0.667. The number of hydrogen-bond donors (Lipinski definition) is 1. The molecule has 0 spiro atoms. The van der Waals surface area contributed by atoms with Crippen LogP contribution < -0.4 is 5.32 Å².